The molecule has 0 aliphatic heterocycles. The van der Waals surface area contributed by atoms with E-state index < -0.39 is 20.0 Å². The summed E-state index contributed by atoms with van der Waals surface area (Å²) in [5.41, 5.74) is 0. The van der Waals surface area contributed by atoms with Crippen LogP contribution in [0.2, 0.25) is 0 Å². The Kier molecular flexibility index (Phi) is 5.00. The number of furan rings is 1. The first-order chi connectivity index (χ1) is 12.1. The van der Waals surface area contributed by atoms with Gasteiger partial charge >= 0.3 is 0 Å². The van der Waals surface area contributed by atoms with Crippen LogP contribution in [0.25, 0.3) is 0 Å². The lowest BCUT2D eigenvalue weighted by atomic mass is 10.3. The summed E-state index contributed by atoms with van der Waals surface area (Å²) in [5.74, 6) is 2.54. The van der Waals surface area contributed by atoms with Gasteiger partial charge in [-0.1, -0.05) is 6.92 Å². The van der Waals surface area contributed by atoms with Gasteiger partial charge in [0.1, 0.15) is 11.5 Å². The molecule has 26 heavy (non-hydrogen) atoms. The maximum Gasteiger partial charge on any atom is 0.243 e. The zero-order chi connectivity index (χ0) is 19.1. The van der Waals surface area contributed by atoms with Crippen LogP contribution >= 0.6 is 0 Å². The average Bonchev–Trinajstić information content (AvgIpc) is 3.16. The molecule has 7 nitrogen and oxygen atoms in total. The summed E-state index contributed by atoms with van der Waals surface area (Å²) in [6.45, 7) is 2.27. The second kappa shape index (κ2) is 6.80. The van der Waals surface area contributed by atoms with E-state index in [1.807, 2.05) is 6.07 Å². The minimum absolute atomic E-state index is 0.0100. The molecule has 3 rings (SSSR count). The van der Waals surface area contributed by atoms with Crippen LogP contribution in [0.1, 0.15) is 30.8 Å². The van der Waals surface area contributed by atoms with Crippen LogP contribution in [0.3, 0.4) is 0 Å². The van der Waals surface area contributed by atoms with Crippen molar-refractivity contribution in [2.45, 2.75) is 35.6 Å². The molecule has 142 valence electrons. The lowest BCUT2D eigenvalue weighted by molar-refractivity contribution is 0.390. The fraction of sp³-hybridized carbons (Fsp3) is 0.412. The molecular formula is C17H22N2O5S2. The van der Waals surface area contributed by atoms with Crippen LogP contribution in [0.4, 0.5) is 0 Å². The predicted molar refractivity (Wildman–Crippen MR) is 96.6 cm³/mol. The van der Waals surface area contributed by atoms with Crippen molar-refractivity contribution in [3.05, 3.63) is 47.9 Å². The maximum absolute atomic E-state index is 12.7. The molecule has 9 heteroatoms. The van der Waals surface area contributed by atoms with Gasteiger partial charge in [-0.3, -0.25) is 0 Å². The van der Waals surface area contributed by atoms with E-state index in [-0.39, 0.29) is 16.3 Å². The summed E-state index contributed by atoms with van der Waals surface area (Å²) in [4.78, 5) is 0.0356. The molecule has 1 saturated carbocycles. The zero-order valence-corrected chi connectivity index (χ0v) is 16.5. The zero-order valence-electron chi connectivity index (χ0n) is 14.8. The van der Waals surface area contributed by atoms with Crippen LogP contribution in [0, 0.1) is 5.92 Å². The number of nitrogens with one attached hydrogen (secondary N) is 1. The molecule has 0 saturated heterocycles. The van der Waals surface area contributed by atoms with Crippen molar-refractivity contribution in [1.82, 2.24) is 9.03 Å². The SMILES string of the molecule is CNS(=O)(=O)c1ccc(S(=O)(=O)N(C)Cc2ccc([C@H]3C[C@H]3C)o2)cc1. The summed E-state index contributed by atoms with van der Waals surface area (Å²) >= 11 is 0. The molecule has 2 atom stereocenters. The van der Waals surface area contributed by atoms with Gasteiger partial charge in [-0.2, -0.15) is 4.31 Å². The van der Waals surface area contributed by atoms with Crippen molar-refractivity contribution < 1.29 is 21.3 Å². The molecule has 1 aromatic carbocycles. The Morgan fingerprint density at radius 1 is 1.08 bits per heavy atom. The van der Waals surface area contributed by atoms with Crippen molar-refractivity contribution >= 4 is 20.0 Å². The van der Waals surface area contributed by atoms with Crippen LogP contribution in [-0.2, 0) is 26.6 Å². The van der Waals surface area contributed by atoms with E-state index in [0.717, 1.165) is 12.2 Å². The third-order valence-corrected chi connectivity index (χ3v) is 7.89. The molecule has 1 fully saturated rings. The number of hydrogen-bond acceptors (Lipinski definition) is 5. The van der Waals surface area contributed by atoms with Gasteiger partial charge in [0.05, 0.1) is 16.3 Å². The second-order valence-corrected chi connectivity index (χ2v) is 10.5. The molecule has 0 spiro atoms. The van der Waals surface area contributed by atoms with Gasteiger partial charge in [-0.25, -0.2) is 21.6 Å². The monoisotopic (exact) mass is 398 g/mol. The lowest BCUT2D eigenvalue weighted by Crippen LogP contribution is -2.26. The minimum atomic E-state index is -3.75. The lowest BCUT2D eigenvalue weighted by Gasteiger charge is -2.16. The van der Waals surface area contributed by atoms with Crippen molar-refractivity contribution in [2.75, 3.05) is 14.1 Å². The van der Waals surface area contributed by atoms with Gasteiger partial charge in [0.15, 0.2) is 0 Å². The molecule has 2 aromatic rings. The number of benzene rings is 1. The Bertz CT molecular complexity index is 994. The molecular weight excluding hydrogens is 376 g/mol. The summed E-state index contributed by atoms with van der Waals surface area (Å²) in [6.07, 6.45) is 1.10. The topological polar surface area (TPSA) is 96.7 Å². The highest BCUT2D eigenvalue weighted by Gasteiger charge is 2.36. The Hall–Kier alpha value is -1.68. The third-order valence-electron chi connectivity index (χ3n) is 4.65. The first-order valence-electron chi connectivity index (χ1n) is 8.23. The van der Waals surface area contributed by atoms with Gasteiger partial charge in [-0.05, 0) is 55.8 Å². The summed E-state index contributed by atoms with van der Waals surface area (Å²) in [5, 5.41) is 0. The summed E-state index contributed by atoms with van der Waals surface area (Å²) in [6, 6.07) is 8.82. The smallest absolute Gasteiger partial charge is 0.243 e. The summed E-state index contributed by atoms with van der Waals surface area (Å²) in [7, 11) is -4.59. The number of nitrogens with zero attached hydrogens (tertiary/aromatic N) is 1. The number of sulfonamides is 2. The molecule has 0 unspecified atom stereocenters. The first-order valence-corrected chi connectivity index (χ1v) is 11.2. The molecule has 1 N–H and O–H groups in total. The van der Waals surface area contributed by atoms with Crippen molar-refractivity contribution in [1.29, 1.82) is 0 Å². The van der Waals surface area contributed by atoms with E-state index in [1.165, 1.54) is 42.7 Å². The van der Waals surface area contributed by atoms with Gasteiger partial charge < -0.3 is 4.42 Å². The van der Waals surface area contributed by atoms with E-state index in [0.29, 0.717) is 17.6 Å². The Labute approximate surface area is 154 Å². The third kappa shape index (κ3) is 3.71. The highest BCUT2D eigenvalue weighted by Crippen LogP contribution is 2.47. The Morgan fingerprint density at radius 3 is 2.19 bits per heavy atom. The maximum atomic E-state index is 12.7. The van der Waals surface area contributed by atoms with Crippen LogP contribution in [0.15, 0.2) is 50.6 Å². The molecule has 1 heterocycles. The highest BCUT2D eigenvalue weighted by atomic mass is 32.2. The molecule has 0 amide bonds. The highest BCUT2D eigenvalue weighted by molar-refractivity contribution is 7.89. The van der Waals surface area contributed by atoms with E-state index in [1.54, 1.807) is 6.07 Å². The minimum Gasteiger partial charge on any atom is -0.464 e. The van der Waals surface area contributed by atoms with Crippen LogP contribution in [-0.4, -0.2) is 35.2 Å². The number of rotatable bonds is 7. The standard InChI is InChI=1S/C17H22N2O5S2/c1-12-10-16(12)17-9-4-13(24-17)11-19(3)26(22,23)15-7-5-14(6-8-15)25(20,21)18-2/h4-9,12,16,18H,10-11H2,1-3H3/t12-,16+/m1/s1. The summed E-state index contributed by atoms with van der Waals surface area (Å²) < 4.78 is 58.0. The van der Waals surface area contributed by atoms with Crippen molar-refractivity contribution in [3.63, 3.8) is 0 Å². The van der Waals surface area contributed by atoms with Gasteiger partial charge in [0, 0.05) is 13.0 Å². The van der Waals surface area contributed by atoms with E-state index >= 15 is 0 Å². The normalized spacial score (nSPS) is 20.5. The van der Waals surface area contributed by atoms with E-state index in [2.05, 4.69) is 11.6 Å². The fourth-order valence-electron chi connectivity index (χ4n) is 2.79. The number of hydrogen-bond donors (Lipinski definition) is 1. The first kappa shape index (κ1) is 19.1. The Balaban J connectivity index is 1.75. The molecule has 0 radical (unpaired) electrons. The fourth-order valence-corrected chi connectivity index (χ4v) is 4.66. The molecule has 0 bridgehead atoms. The molecule has 1 aromatic heterocycles. The molecule has 1 aliphatic carbocycles. The predicted octanol–water partition coefficient (Wildman–Crippen LogP) is 2.13. The van der Waals surface area contributed by atoms with Crippen molar-refractivity contribution in [2.24, 2.45) is 5.92 Å². The average molecular weight is 399 g/mol. The Morgan fingerprint density at radius 2 is 1.65 bits per heavy atom. The largest absolute Gasteiger partial charge is 0.464 e. The van der Waals surface area contributed by atoms with E-state index in [4.69, 9.17) is 4.42 Å². The van der Waals surface area contributed by atoms with E-state index in [9.17, 15) is 16.8 Å². The van der Waals surface area contributed by atoms with Gasteiger partial charge in [-0.15, -0.1) is 0 Å². The van der Waals surface area contributed by atoms with Crippen LogP contribution in [0.5, 0.6) is 0 Å². The van der Waals surface area contributed by atoms with Crippen molar-refractivity contribution in [3.8, 4) is 0 Å². The van der Waals surface area contributed by atoms with Crippen LogP contribution < -0.4 is 4.72 Å². The van der Waals surface area contributed by atoms with Gasteiger partial charge in [0.25, 0.3) is 0 Å². The second-order valence-electron chi connectivity index (χ2n) is 6.56. The molecule has 1 aliphatic rings. The van der Waals surface area contributed by atoms with Gasteiger partial charge in [0.2, 0.25) is 20.0 Å². The quantitative estimate of drug-likeness (QED) is 0.771.